The Morgan fingerprint density at radius 1 is 1.44 bits per heavy atom. The first-order chi connectivity index (χ1) is 12.0. The van der Waals surface area contributed by atoms with Crippen molar-refractivity contribution in [2.45, 2.75) is 6.92 Å². The molecule has 0 bridgehead atoms. The van der Waals surface area contributed by atoms with Gasteiger partial charge in [-0.05, 0) is 12.0 Å². The number of hydrogen-bond donors (Lipinski definition) is 2. The zero-order chi connectivity index (χ0) is 17.6. The molecule has 2 unspecified atom stereocenters. The molecule has 4 heterocycles. The zero-order valence-electron chi connectivity index (χ0n) is 14.0. The van der Waals surface area contributed by atoms with E-state index in [0.29, 0.717) is 23.6 Å². The molecule has 0 radical (unpaired) electrons. The minimum Gasteiger partial charge on any atom is -0.379 e. The highest BCUT2D eigenvalue weighted by Gasteiger charge is 2.25. The van der Waals surface area contributed by atoms with E-state index in [-0.39, 0.29) is 5.06 Å². The Balaban J connectivity index is 1.99. The number of hydroxylamine groups is 1. The maximum Gasteiger partial charge on any atom is 0.363 e. The van der Waals surface area contributed by atoms with Gasteiger partial charge in [-0.15, -0.1) is 16.4 Å². The highest BCUT2D eigenvalue weighted by Crippen LogP contribution is 2.40. The highest BCUT2D eigenvalue weighted by molar-refractivity contribution is 7.26. The monoisotopic (exact) mass is 380 g/mol. The standard InChI is InChI=1S/C16H18ClN5O2S/c1-9-7-22(5-6-24-8-9)14-11-10-3-4-18-13(17)12(10)25-15(11)20-16(19-14)21(2)23/h3-4,9,23H,5-8H2,1-2H3/p+1. The number of aromatic nitrogens is 3. The summed E-state index contributed by atoms with van der Waals surface area (Å²) >= 11 is 7.76. The van der Waals surface area contributed by atoms with E-state index in [1.165, 1.54) is 11.3 Å². The van der Waals surface area contributed by atoms with Gasteiger partial charge in [-0.2, -0.15) is 9.97 Å². The number of hydrogen-bond acceptors (Lipinski definition) is 7. The summed E-state index contributed by atoms with van der Waals surface area (Å²) in [6.45, 7) is 5.14. The number of quaternary nitrogens is 1. The fraction of sp³-hybridized carbons (Fsp3) is 0.438. The van der Waals surface area contributed by atoms with Gasteiger partial charge in [0.15, 0.2) is 0 Å². The van der Waals surface area contributed by atoms with Crippen LogP contribution in [0.3, 0.4) is 0 Å². The molecule has 0 spiro atoms. The lowest BCUT2D eigenvalue weighted by Gasteiger charge is -2.23. The second-order valence-electron chi connectivity index (χ2n) is 6.34. The van der Waals surface area contributed by atoms with Crippen LogP contribution >= 0.6 is 22.9 Å². The SMILES string of the molecule is CC1COCCN(c2nc([NH+](C)O)nc3sc4c(Cl)nccc4c23)C1. The van der Waals surface area contributed by atoms with Crippen molar-refractivity contribution in [3.63, 3.8) is 0 Å². The number of thiophene rings is 1. The predicted molar refractivity (Wildman–Crippen MR) is 98.3 cm³/mol. The average molecular weight is 381 g/mol. The van der Waals surface area contributed by atoms with Crippen molar-refractivity contribution in [1.29, 1.82) is 0 Å². The molecule has 0 aliphatic carbocycles. The summed E-state index contributed by atoms with van der Waals surface area (Å²) in [6.07, 6.45) is 1.70. The average Bonchev–Trinajstić information content (AvgIpc) is 2.83. The smallest absolute Gasteiger partial charge is 0.363 e. The number of fused-ring (bicyclic) bond motifs is 3. The number of rotatable bonds is 2. The molecular formula is C16H19ClN5O2S+. The van der Waals surface area contributed by atoms with Crippen LogP contribution in [-0.4, -0.2) is 53.5 Å². The summed E-state index contributed by atoms with van der Waals surface area (Å²) in [4.78, 5) is 16.4. The lowest BCUT2D eigenvalue weighted by molar-refractivity contribution is -1.02. The van der Waals surface area contributed by atoms with Crippen molar-refractivity contribution < 1.29 is 15.0 Å². The van der Waals surface area contributed by atoms with Gasteiger partial charge in [0.05, 0.1) is 23.3 Å². The lowest BCUT2D eigenvalue weighted by atomic mass is 10.1. The number of nitrogens with zero attached hydrogens (tertiary/aromatic N) is 4. The maximum atomic E-state index is 9.96. The number of halogens is 1. The molecule has 1 fully saturated rings. The van der Waals surface area contributed by atoms with Gasteiger partial charge >= 0.3 is 5.95 Å². The Morgan fingerprint density at radius 2 is 2.28 bits per heavy atom. The number of pyridine rings is 1. The summed E-state index contributed by atoms with van der Waals surface area (Å²) < 4.78 is 6.56. The maximum absolute atomic E-state index is 9.96. The third-order valence-electron chi connectivity index (χ3n) is 4.25. The molecule has 2 N–H and O–H groups in total. The summed E-state index contributed by atoms with van der Waals surface area (Å²) in [5.41, 5.74) is 0. The van der Waals surface area contributed by atoms with E-state index >= 15 is 0 Å². The van der Waals surface area contributed by atoms with E-state index in [9.17, 15) is 5.21 Å². The summed E-state index contributed by atoms with van der Waals surface area (Å²) in [6, 6.07) is 1.94. The van der Waals surface area contributed by atoms with Crippen LogP contribution in [0.25, 0.3) is 20.3 Å². The molecule has 1 saturated heterocycles. The second-order valence-corrected chi connectivity index (χ2v) is 7.70. The van der Waals surface area contributed by atoms with Gasteiger partial charge in [0.25, 0.3) is 0 Å². The van der Waals surface area contributed by atoms with E-state index < -0.39 is 0 Å². The van der Waals surface area contributed by atoms with Gasteiger partial charge < -0.3 is 9.64 Å². The van der Waals surface area contributed by atoms with Gasteiger partial charge in [0, 0.05) is 24.7 Å². The number of ether oxygens (including phenoxy) is 1. The molecule has 2 atom stereocenters. The van der Waals surface area contributed by atoms with Crippen LogP contribution < -0.4 is 9.96 Å². The third-order valence-corrected chi connectivity index (χ3v) is 5.75. The highest BCUT2D eigenvalue weighted by atomic mass is 35.5. The van der Waals surface area contributed by atoms with Gasteiger partial charge in [-0.25, -0.2) is 10.2 Å². The van der Waals surface area contributed by atoms with Crippen LogP contribution in [0.15, 0.2) is 12.3 Å². The molecule has 25 heavy (non-hydrogen) atoms. The molecule has 0 aromatic carbocycles. The zero-order valence-corrected chi connectivity index (χ0v) is 15.6. The molecule has 7 nitrogen and oxygen atoms in total. The molecule has 4 rings (SSSR count). The van der Waals surface area contributed by atoms with E-state index in [4.69, 9.17) is 16.3 Å². The van der Waals surface area contributed by atoms with E-state index in [0.717, 1.165) is 45.8 Å². The van der Waals surface area contributed by atoms with Crippen LogP contribution in [0.4, 0.5) is 11.8 Å². The van der Waals surface area contributed by atoms with Crippen molar-refractivity contribution >= 4 is 55.0 Å². The van der Waals surface area contributed by atoms with Crippen molar-refractivity contribution in [2.75, 3.05) is 38.3 Å². The minimum absolute atomic E-state index is 0.101. The number of anilines is 1. The first-order valence-corrected chi connectivity index (χ1v) is 9.34. The topological polar surface area (TPSA) is 75.8 Å². The van der Waals surface area contributed by atoms with Crippen molar-refractivity contribution in [1.82, 2.24) is 15.0 Å². The Morgan fingerprint density at radius 3 is 3.08 bits per heavy atom. The van der Waals surface area contributed by atoms with Crippen LogP contribution in [0.2, 0.25) is 5.15 Å². The summed E-state index contributed by atoms with van der Waals surface area (Å²) in [5, 5.41) is 12.5. The molecule has 132 valence electrons. The Hall–Kier alpha value is -1.58. The molecule has 0 saturated carbocycles. The van der Waals surface area contributed by atoms with E-state index in [1.54, 1.807) is 13.2 Å². The van der Waals surface area contributed by atoms with E-state index in [2.05, 4.69) is 26.8 Å². The van der Waals surface area contributed by atoms with Gasteiger partial charge in [0.2, 0.25) is 0 Å². The predicted octanol–water partition coefficient (Wildman–Crippen LogP) is 1.90. The first-order valence-electron chi connectivity index (χ1n) is 8.15. The molecule has 3 aromatic rings. The fourth-order valence-corrected chi connectivity index (χ4v) is 4.43. The normalized spacial score (nSPS) is 20.2. The van der Waals surface area contributed by atoms with E-state index in [1.807, 2.05) is 6.07 Å². The minimum atomic E-state index is 0.101. The number of nitrogens with one attached hydrogen (secondary N) is 1. The van der Waals surface area contributed by atoms with Crippen molar-refractivity contribution in [3.8, 4) is 0 Å². The van der Waals surface area contributed by atoms with Crippen LogP contribution in [0.5, 0.6) is 0 Å². The van der Waals surface area contributed by atoms with Crippen LogP contribution in [0.1, 0.15) is 6.92 Å². The molecule has 9 heteroatoms. The second kappa shape index (κ2) is 6.62. The van der Waals surface area contributed by atoms with Crippen molar-refractivity contribution in [3.05, 3.63) is 17.4 Å². The molecule has 1 aliphatic rings. The summed E-state index contributed by atoms with van der Waals surface area (Å²) in [5.74, 6) is 1.56. The van der Waals surface area contributed by atoms with Gasteiger partial charge in [-0.3, -0.25) is 0 Å². The van der Waals surface area contributed by atoms with Crippen LogP contribution in [-0.2, 0) is 4.74 Å². The van der Waals surface area contributed by atoms with Crippen molar-refractivity contribution in [2.24, 2.45) is 5.92 Å². The Bertz CT molecular complexity index is 932. The lowest BCUT2D eigenvalue weighted by Crippen LogP contribution is -3.01. The van der Waals surface area contributed by atoms with Gasteiger partial charge in [-0.1, -0.05) is 18.5 Å². The van der Waals surface area contributed by atoms with Gasteiger partial charge in [0.1, 0.15) is 22.8 Å². The Kier molecular flexibility index (Phi) is 4.47. The third kappa shape index (κ3) is 3.04. The Labute approximate surface area is 153 Å². The molecule has 3 aromatic heterocycles. The first kappa shape index (κ1) is 16.9. The quantitative estimate of drug-likeness (QED) is 0.522. The molecule has 1 aliphatic heterocycles. The molecule has 0 amide bonds. The fourth-order valence-electron chi connectivity index (χ4n) is 3.11. The van der Waals surface area contributed by atoms with Crippen LogP contribution in [0, 0.1) is 5.92 Å². The summed E-state index contributed by atoms with van der Waals surface area (Å²) in [7, 11) is 1.60. The largest absolute Gasteiger partial charge is 0.379 e. The molecular weight excluding hydrogens is 362 g/mol.